The van der Waals surface area contributed by atoms with Crippen LogP contribution in [-0.4, -0.2) is 19.5 Å². The second kappa shape index (κ2) is 8.38. The number of furan rings is 1. The molecule has 0 amide bonds. The number of rotatable bonds is 3. The molecule has 4 aromatic carbocycles. The molecule has 3 heterocycles. The summed E-state index contributed by atoms with van der Waals surface area (Å²) in [5, 5.41) is 3.50. The van der Waals surface area contributed by atoms with Crippen molar-refractivity contribution in [2.24, 2.45) is 0 Å². The Labute approximate surface area is 219 Å². The molecule has 0 atom stereocenters. The number of nitrogens with zero attached hydrogens (tertiary/aromatic N) is 4. The molecule has 0 fully saturated rings. The summed E-state index contributed by atoms with van der Waals surface area (Å²) < 4.78 is 8.80. The standard InChI is InChI=1S/C33H24N4O/c1-3-11-21(12-4-1)31-34-32(22-13-5-2-6-14-22)36-33(35-31)37-27-17-9-7-15-23(27)25-19-20-26-24-16-8-10-18-28(24)38-30(26)29(25)37/h1-7,9,11-15,17,19-20H,8,10,16,18H2. The van der Waals surface area contributed by atoms with Gasteiger partial charge < -0.3 is 4.42 Å². The summed E-state index contributed by atoms with van der Waals surface area (Å²) in [7, 11) is 0. The maximum atomic E-state index is 6.63. The Hall–Kier alpha value is -4.77. The Morgan fingerprint density at radius 3 is 1.95 bits per heavy atom. The van der Waals surface area contributed by atoms with E-state index in [1.807, 2.05) is 60.7 Å². The van der Waals surface area contributed by atoms with E-state index in [0.29, 0.717) is 17.6 Å². The van der Waals surface area contributed by atoms with Gasteiger partial charge in [-0.25, -0.2) is 4.98 Å². The molecule has 0 unspecified atom stereocenters. The number of fused-ring (bicyclic) bond motifs is 7. The minimum atomic E-state index is 0.589. The first-order valence-electron chi connectivity index (χ1n) is 13.2. The lowest BCUT2D eigenvalue weighted by atomic mass is 9.95. The fourth-order valence-corrected chi connectivity index (χ4v) is 5.87. The Balaban J connectivity index is 1.50. The van der Waals surface area contributed by atoms with Crippen LogP contribution in [0.15, 0.2) is 101 Å². The first-order chi connectivity index (χ1) is 18.8. The molecule has 182 valence electrons. The molecule has 0 spiro atoms. The molecular formula is C33H24N4O. The zero-order valence-corrected chi connectivity index (χ0v) is 20.8. The molecule has 7 aromatic rings. The van der Waals surface area contributed by atoms with E-state index in [2.05, 4.69) is 41.0 Å². The minimum Gasteiger partial charge on any atom is -0.459 e. The van der Waals surface area contributed by atoms with E-state index in [4.69, 9.17) is 19.4 Å². The van der Waals surface area contributed by atoms with Gasteiger partial charge in [-0.15, -0.1) is 0 Å². The first-order valence-corrected chi connectivity index (χ1v) is 13.2. The van der Waals surface area contributed by atoms with Crippen LogP contribution in [0.25, 0.3) is 61.5 Å². The zero-order chi connectivity index (χ0) is 25.1. The highest BCUT2D eigenvalue weighted by atomic mass is 16.3. The number of benzene rings is 4. The van der Waals surface area contributed by atoms with Crippen molar-refractivity contribution in [2.45, 2.75) is 25.7 Å². The fourth-order valence-electron chi connectivity index (χ4n) is 5.87. The maximum Gasteiger partial charge on any atom is 0.238 e. The van der Waals surface area contributed by atoms with Gasteiger partial charge in [0.15, 0.2) is 17.2 Å². The van der Waals surface area contributed by atoms with Crippen molar-refractivity contribution in [3.8, 4) is 28.7 Å². The minimum absolute atomic E-state index is 0.589. The number of aryl methyl sites for hydroxylation is 2. The molecule has 5 heteroatoms. The average molecular weight is 493 g/mol. The van der Waals surface area contributed by atoms with Gasteiger partial charge in [0.1, 0.15) is 11.3 Å². The molecule has 0 saturated carbocycles. The van der Waals surface area contributed by atoms with Gasteiger partial charge in [0.25, 0.3) is 0 Å². The zero-order valence-electron chi connectivity index (χ0n) is 20.8. The van der Waals surface area contributed by atoms with Gasteiger partial charge >= 0.3 is 0 Å². The first kappa shape index (κ1) is 21.3. The molecule has 1 aliphatic rings. The number of para-hydroxylation sites is 1. The van der Waals surface area contributed by atoms with Crippen molar-refractivity contribution in [3.05, 3.63) is 108 Å². The second-order valence-electron chi connectivity index (χ2n) is 9.92. The lowest BCUT2D eigenvalue weighted by Gasteiger charge is -2.11. The Bertz CT molecular complexity index is 1910. The van der Waals surface area contributed by atoms with Crippen LogP contribution in [0.3, 0.4) is 0 Å². The van der Waals surface area contributed by atoms with Gasteiger partial charge in [-0.2, -0.15) is 9.97 Å². The molecule has 0 bridgehead atoms. The molecule has 0 saturated heterocycles. The molecule has 5 nitrogen and oxygen atoms in total. The summed E-state index contributed by atoms with van der Waals surface area (Å²) in [5.74, 6) is 3.00. The normalized spacial score (nSPS) is 13.4. The van der Waals surface area contributed by atoms with Gasteiger partial charge in [0.2, 0.25) is 5.95 Å². The van der Waals surface area contributed by atoms with Crippen LogP contribution in [0.4, 0.5) is 0 Å². The Kier molecular flexibility index (Phi) is 4.71. The monoisotopic (exact) mass is 492 g/mol. The van der Waals surface area contributed by atoms with Gasteiger partial charge in [-0.1, -0.05) is 91.0 Å². The van der Waals surface area contributed by atoms with Crippen LogP contribution >= 0.6 is 0 Å². The molecular weight excluding hydrogens is 468 g/mol. The van der Waals surface area contributed by atoms with Crippen molar-refractivity contribution in [1.82, 2.24) is 19.5 Å². The summed E-state index contributed by atoms with van der Waals surface area (Å²) in [5.41, 5.74) is 6.25. The highest BCUT2D eigenvalue weighted by Crippen LogP contribution is 2.40. The topological polar surface area (TPSA) is 56.7 Å². The lowest BCUT2D eigenvalue weighted by molar-refractivity contribution is 0.507. The van der Waals surface area contributed by atoms with E-state index in [0.717, 1.165) is 57.1 Å². The van der Waals surface area contributed by atoms with Crippen LogP contribution in [0, 0.1) is 0 Å². The van der Waals surface area contributed by atoms with Crippen LogP contribution in [0.1, 0.15) is 24.2 Å². The van der Waals surface area contributed by atoms with Crippen LogP contribution in [-0.2, 0) is 12.8 Å². The summed E-state index contributed by atoms with van der Waals surface area (Å²) in [6, 6.07) is 33.2. The fraction of sp³-hybridized carbons (Fsp3) is 0.121. The van der Waals surface area contributed by atoms with Crippen molar-refractivity contribution >= 4 is 32.8 Å². The summed E-state index contributed by atoms with van der Waals surface area (Å²) in [4.78, 5) is 15.0. The summed E-state index contributed by atoms with van der Waals surface area (Å²) >= 11 is 0. The molecule has 1 aliphatic carbocycles. The smallest absolute Gasteiger partial charge is 0.238 e. The van der Waals surface area contributed by atoms with Gasteiger partial charge in [-0.05, 0) is 25.3 Å². The molecule has 3 aromatic heterocycles. The average Bonchev–Trinajstić information content (AvgIpc) is 3.54. The third-order valence-electron chi connectivity index (χ3n) is 7.65. The van der Waals surface area contributed by atoms with E-state index >= 15 is 0 Å². The summed E-state index contributed by atoms with van der Waals surface area (Å²) in [6.07, 6.45) is 4.44. The van der Waals surface area contributed by atoms with Crippen molar-refractivity contribution in [2.75, 3.05) is 0 Å². The lowest BCUT2D eigenvalue weighted by Crippen LogP contribution is -2.06. The van der Waals surface area contributed by atoms with E-state index in [9.17, 15) is 0 Å². The third-order valence-corrected chi connectivity index (χ3v) is 7.65. The van der Waals surface area contributed by atoms with Crippen LogP contribution in [0.5, 0.6) is 0 Å². The number of hydrogen-bond acceptors (Lipinski definition) is 4. The molecule has 38 heavy (non-hydrogen) atoms. The van der Waals surface area contributed by atoms with Crippen LogP contribution in [0.2, 0.25) is 0 Å². The highest BCUT2D eigenvalue weighted by molar-refractivity contribution is 6.17. The molecule has 0 aliphatic heterocycles. The third kappa shape index (κ3) is 3.21. The van der Waals surface area contributed by atoms with E-state index < -0.39 is 0 Å². The summed E-state index contributed by atoms with van der Waals surface area (Å²) in [6.45, 7) is 0. The predicted molar refractivity (Wildman–Crippen MR) is 151 cm³/mol. The molecule has 0 radical (unpaired) electrons. The van der Waals surface area contributed by atoms with Crippen molar-refractivity contribution in [3.63, 3.8) is 0 Å². The van der Waals surface area contributed by atoms with Gasteiger partial charge in [0.05, 0.1) is 5.52 Å². The quantitative estimate of drug-likeness (QED) is 0.251. The van der Waals surface area contributed by atoms with Crippen molar-refractivity contribution < 1.29 is 4.42 Å². The van der Waals surface area contributed by atoms with Gasteiger partial charge in [-0.3, -0.25) is 4.57 Å². The van der Waals surface area contributed by atoms with Gasteiger partial charge in [0, 0.05) is 39.3 Å². The Morgan fingerprint density at radius 1 is 0.579 bits per heavy atom. The van der Waals surface area contributed by atoms with E-state index in [1.165, 1.54) is 23.8 Å². The maximum absolute atomic E-state index is 6.63. The molecule has 8 rings (SSSR count). The van der Waals surface area contributed by atoms with Crippen LogP contribution < -0.4 is 0 Å². The second-order valence-corrected chi connectivity index (χ2v) is 9.92. The van der Waals surface area contributed by atoms with E-state index in [-0.39, 0.29) is 0 Å². The largest absolute Gasteiger partial charge is 0.459 e. The highest BCUT2D eigenvalue weighted by Gasteiger charge is 2.24. The number of hydrogen-bond donors (Lipinski definition) is 0. The SMILES string of the molecule is c1ccc(-c2nc(-c3ccccc3)nc(-n3c4ccccc4c4ccc5c6c(oc5c43)CCCC6)n2)cc1. The molecule has 0 N–H and O–H groups in total. The number of aromatic nitrogens is 4. The van der Waals surface area contributed by atoms with Crippen molar-refractivity contribution in [1.29, 1.82) is 0 Å². The predicted octanol–water partition coefficient (Wildman–Crippen LogP) is 7.93. The Morgan fingerprint density at radius 2 is 1.21 bits per heavy atom. The van der Waals surface area contributed by atoms with E-state index in [1.54, 1.807) is 0 Å².